The lowest BCUT2D eigenvalue weighted by molar-refractivity contribution is -0.141. The molecule has 0 saturated heterocycles. The number of carboxylic acids is 1. The van der Waals surface area contributed by atoms with Gasteiger partial charge in [-0.1, -0.05) is 36.4 Å². The van der Waals surface area contributed by atoms with Gasteiger partial charge in [0, 0.05) is 13.3 Å². The summed E-state index contributed by atoms with van der Waals surface area (Å²) in [6.07, 6.45) is 1.55. The predicted molar refractivity (Wildman–Crippen MR) is 104 cm³/mol. The van der Waals surface area contributed by atoms with Gasteiger partial charge >= 0.3 is 5.97 Å². The molecular weight excluding hydrogens is 376 g/mol. The molecule has 150 valence electrons. The average Bonchev–Trinajstić information content (AvgIpc) is 3.15. The zero-order valence-corrected chi connectivity index (χ0v) is 15.7. The van der Waals surface area contributed by atoms with Crippen molar-refractivity contribution in [3.8, 4) is 11.5 Å². The smallest absolute Gasteiger partial charge is 0.326 e. The van der Waals surface area contributed by atoms with Crippen molar-refractivity contribution in [1.82, 2.24) is 10.6 Å². The Balaban J connectivity index is 1.80. The van der Waals surface area contributed by atoms with E-state index >= 15 is 0 Å². The number of hydrogen-bond acceptors (Lipinski definition) is 5. The van der Waals surface area contributed by atoms with E-state index in [0.717, 1.165) is 5.56 Å². The van der Waals surface area contributed by atoms with Crippen LogP contribution in [0, 0.1) is 0 Å². The van der Waals surface area contributed by atoms with Gasteiger partial charge in [0.15, 0.2) is 11.5 Å². The maximum atomic E-state index is 12.7. The number of carboxylic acid groups (broad SMARTS) is 1. The Morgan fingerprint density at radius 1 is 1.10 bits per heavy atom. The Kier molecular flexibility index (Phi) is 6.13. The first-order valence-corrected chi connectivity index (χ1v) is 8.89. The standard InChI is InChI=1S/C21H20N2O6/c1-13(24)22-16(10-15-7-8-18-19(11-15)29-12-28-18)20(25)23-17(21(26)27)9-14-5-3-2-4-6-14/h2-8,10-11,17H,9,12H2,1H3,(H,22,24)(H,23,25)(H,26,27). The van der Waals surface area contributed by atoms with Crippen LogP contribution in [0.1, 0.15) is 18.1 Å². The first kappa shape index (κ1) is 19.9. The summed E-state index contributed by atoms with van der Waals surface area (Å²) in [5.41, 5.74) is 1.28. The third-order valence-corrected chi connectivity index (χ3v) is 4.15. The molecule has 1 atom stereocenters. The number of hydrogen-bond donors (Lipinski definition) is 3. The molecule has 1 aliphatic rings. The molecule has 2 aromatic rings. The summed E-state index contributed by atoms with van der Waals surface area (Å²) in [6.45, 7) is 1.38. The number of fused-ring (bicyclic) bond motifs is 1. The molecular formula is C21H20N2O6. The van der Waals surface area contributed by atoms with Crippen molar-refractivity contribution in [1.29, 1.82) is 0 Å². The fourth-order valence-electron chi connectivity index (χ4n) is 2.80. The lowest BCUT2D eigenvalue weighted by Gasteiger charge is -2.16. The van der Waals surface area contributed by atoms with Crippen molar-refractivity contribution >= 4 is 23.9 Å². The van der Waals surface area contributed by atoms with Gasteiger partial charge in [-0.05, 0) is 29.3 Å². The molecule has 8 heteroatoms. The normalized spacial score (nSPS) is 13.5. The van der Waals surface area contributed by atoms with E-state index in [1.54, 1.807) is 42.5 Å². The van der Waals surface area contributed by atoms with Crippen LogP contribution in [0.2, 0.25) is 0 Å². The number of aliphatic carboxylic acids is 1. The van der Waals surface area contributed by atoms with E-state index in [0.29, 0.717) is 17.1 Å². The Morgan fingerprint density at radius 3 is 2.52 bits per heavy atom. The molecule has 0 aromatic heterocycles. The number of rotatable bonds is 7. The van der Waals surface area contributed by atoms with E-state index in [9.17, 15) is 19.5 Å². The van der Waals surface area contributed by atoms with E-state index in [2.05, 4.69) is 10.6 Å². The van der Waals surface area contributed by atoms with Crippen LogP contribution in [0.25, 0.3) is 6.08 Å². The van der Waals surface area contributed by atoms with Crippen LogP contribution in [0.4, 0.5) is 0 Å². The van der Waals surface area contributed by atoms with E-state index in [1.807, 2.05) is 6.07 Å². The van der Waals surface area contributed by atoms with Crippen LogP contribution in [-0.2, 0) is 20.8 Å². The van der Waals surface area contributed by atoms with Crippen LogP contribution in [-0.4, -0.2) is 35.7 Å². The molecule has 0 fully saturated rings. The number of ether oxygens (including phenoxy) is 2. The highest BCUT2D eigenvalue weighted by Gasteiger charge is 2.23. The minimum atomic E-state index is -1.17. The molecule has 0 bridgehead atoms. The first-order valence-electron chi connectivity index (χ1n) is 8.89. The molecule has 8 nitrogen and oxygen atoms in total. The van der Waals surface area contributed by atoms with E-state index in [4.69, 9.17) is 9.47 Å². The second kappa shape index (κ2) is 8.92. The van der Waals surface area contributed by atoms with Gasteiger partial charge in [0.25, 0.3) is 5.91 Å². The first-order chi connectivity index (χ1) is 13.9. The SMILES string of the molecule is CC(=O)NC(=Cc1ccc2c(c1)OCO2)C(=O)NC(Cc1ccccc1)C(=O)O. The van der Waals surface area contributed by atoms with Gasteiger partial charge in [-0.15, -0.1) is 0 Å². The summed E-state index contributed by atoms with van der Waals surface area (Å²) in [6, 6.07) is 12.8. The van der Waals surface area contributed by atoms with Crippen LogP contribution >= 0.6 is 0 Å². The van der Waals surface area contributed by atoms with E-state index in [1.165, 1.54) is 13.0 Å². The Labute approximate surface area is 167 Å². The Morgan fingerprint density at radius 2 is 1.83 bits per heavy atom. The molecule has 0 radical (unpaired) electrons. The summed E-state index contributed by atoms with van der Waals surface area (Å²) in [5.74, 6) is -1.23. The fraction of sp³-hybridized carbons (Fsp3) is 0.190. The molecule has 0 saturated carbocycles. The lowest BCUT2D eigenvalue weighted by atomic mass is 10.1. The third-order valence-electron chi connectivity index (χ3n) is 4.15. The van der Waals surface area contributed by atoms with E-state index in [-0.39, 0.29) is 18.9 Å². The van der Waals surface area contributed by atoms with Crippen LogP contribution < -0.4 is 20.1 Å². The summed E-state index contributed by atoms with van der Waals surface area (Å²) in [5, 5.41) is 14.4. The molecule has 0 spiro atoms. The minimum Gasteiger partial charge on any atom is -0.480 e. The van der Waals surface area contributed by atoms with Crippen LogP contribution in [0.3, 0.4) is 0 Å². The molecule has 2 aromatic carbocycles. The van der Waals surface area contributed by atoms with Gasteiger partial charge in [0.05, 0.1) is 0 Å². The monoisotopic (exact) mass is 396 g/mol. The number of benzene rings is 2. The molecule has 3 N–H and O–H groups in total. The number of nitrogens with one attached hydrogen (secondary N) is 2. The Bertz CT molecular complexity index is 955. The maximum Gasteiger partial charge on any atom is 0.326 e. The van der Waals surface area contributed by atoms with Gasteiger partial charge in [0.2, 0.25) is 12.7 Å². The van der Waals surface area contributed by atoms with Gasteiger partial charge < -0.3 is 25.2 Å². The minimum absolute atomic E-state index is 0.0734. The van der Waals surface area contributed by atoms with Gasteiger partial charge in [-0.2, -0.15) is 0 Å². The molecule has 29 heavy (non-hydrogen) atoms. The summed E-state index contributed by atoms with van der Waals surface area (Å²) in [7, 11) is 0. The van der Waals surface area contributed by atoms with Crippen molar-refractivity contribution in [3.63, 3.8) is 0 Å². The van der Waals surface area contributed by atoms with Crippen molar-refractivity contribution < 1.29 is 29.0 Å². The van der Waals surface area contributed by atoms with Crippen LogP contribution in [0.15, 0.2) is 54.2 Å². The molecule has 1 unspecified atom stereocenters. The van der Waals surface area contributed by atoms with Gasteiger partial charge in [-0.25, -0.2) is 4.79 Å². The number of carbonyl (C=O) groups excluding carboxylic acids is 2. The molecule has 3 rings (SSSR count). The molecule has 2 amide bonds. The van der Waals surface area contributed by atoms with Gasteiger partial charge in [0.1, 0.15) is 11.7 Å². The van der Waals surface area contributed by atoms with Crippen molar-refractivity contribution in [2.24, 2.45) is 0 Å². The molecule has 1 aliphatic heterocycles. The van der Waals surface area contributed by atoms with Gasteiger partial charge in [-0.3, -0.25) is 9.59 Å². The summed E-state index contributed by atoms with van der Waals surface area (Å²) >= 11 is 0. The van der Waals surface area contributed by atoms with Crippen LogP contribution in [0.5, 0.6) is 11.5 Å². The second-order valence-corrected chi connectivity index (χ2v) is 6.41. The average molecular weight is 396 g/mol. The maximum absolute atomic E-state index is 12.7. The van der Waals surface area contributed by atoms with Crippen molar-refractivity contribution in [2.45, 2.75) is 19.4 Å². The molecule has 1 heterocycles. The predicted octanol–water partition coefficient (Wildman–Crippen LogP) is 1.70. The highest BCUT2D eigenvalue weighted by Crippen LogP contribution is 2.33. The third kappa shape index (κ3) is 5.35. The van der Waals surface area contributed by atoms with Crippen molar-refractivity contribution in [3.05, 3.63) is 65.4 Å². The van der Waals surface area contributed by atoms with Crippen molar-refractivity contribution in [2.75, 3.05) is 6.79 Å². The summed E-state index contributed by atoms with van der Waals surface area (Å²) < 4.78 is 10.6. The number of amides is 2. The largest absolute Gasteiger partial charge is 0.480 e. The second-order valence-electron chi connectivity index (χ2n) is 6.41. The topological polar surface area (TPSA) is 114 Å². The Hall–Kier alpha value is -3.81. The van der Waals surface area contributed by atoms with E-state index < -0.39 is 23.8 Å². The quantitative estimate of drug-likeness (QED) is 0.614. The fourth-order valence-corrected chi connectivity index (χ4v) is 2.80. The number of carbonyl (C=O) groups is 3. The zero-order chi connectivity index (χ0) is 20.8. The summed E-state index contributed by atoms with van der Waals surface area (Å²) in [4.78, 5) is 35.9. The highest BCUT2D eigenvalue weighted by molar-refractivity contribution is 6.02. The highest BCUT2D eigenvalue weighted by atomic mass is 16.7. The zero-order valence-electron chi connectivity index (χ0n) is 15.7. The molecule has 0 aliphatic carbocycles. The lowest BCUT2D eigenvalue weighted by Crippen LogP contribution is -2.45.